The second kappa shape index (κ2) is 5.48. The topological polar surface area (TPSA) is 41.6 Å². The van der Waals surface area contributed by atoms with Gasteiger partial charge >= 0.3 is 0 Å². The van der Waals surface area contributed by atoms with E-state index in [1.807, 2.05) is 17.5 Å². The Kier molecular flexibility index (Phi) is 3.93. The Morgan fingerprint density at radius 1 is 1.56 bits per heavy atom. The molecule has 7 heteroatoms. The van der Waals surface area contributed by atoms with Gasteiger partial charge in [0, 0.05) is 16.2 Å². The van der Waals surface area contributed by atoms with E-state index in [-0.39, 0.29) is 0 Å². The molecular formula is C11H12BIN3PS. The van der Waals surface area contributed by atoms with Gasteiger partial charge in [-0.05, 0) is 34.0 Å². The minimum Gasteiger partial charge on any atom is -0.227 e. The second-order valence-corrected chi connectivity index (χ2v) is 7.83. The summed E-state index contributed by atoms with van der Waals surface area (Å²) in [6.07, 6.45) is 7.11. The molecule has 18 heavy (non-hydrogen) atoms. The first kappa shape index (κ1) is 12.9. The SMILES string of the molecule is N#CB1CCC(c2cc3cnn(PI)c3s2)CC1. The van der Waals surface area contributed by atoms with Crippen LogP contribution in [-0.4, -0.2) is 16.3 Å². The van der Waals surface area contributed by atoms with Crippen LogP contribution in [0.25, 0.3) is 10.2 Å². The molecule has 1 aliphatic rings. The fourth-order valence-corrected chi connectivity index (χ4v) is 5.96. The molecule has 1 unspecified atom stereocenters. The molecule has 1 atom stereocenters. The number of hydrogen-bond acceptors (Lipinski definition) is 3. The van der Waals surface area contributed by atoms with Crippen LogP contribution >= 0.6 is 39.8 Å². The normalized spacial score (nSPS) is 17.9. The number of halogens is 1. The van der Waals surface area contributed by atoms with Crippen LogP contribution in [0.15, 0.2) is 12.3 Å². The third-order valence-corrected chi connectivity index (χ3v) is 6.98. The zero-order valence-corrected chi connectivity index (χ0v) is 13.7. The molecule has 0 bridgehead atoms. The van der Waals surface area contributed by atoms with Crippen molar-refractivity contribution in [2.45, 2.75) is 31.4 Å². The molecule has 1 aliphatic heterocycles. The molecule has 92 valence electrons. The quantitative estimate of drug-likeness (QED) is 0.438. The molecule has 1 saturated heterocycles. The van der Waals surface area contributed by atoms with E-state index < -0.39 is 0 Å². The van der Waals surface area contributed by atoms with Gasteiger partial charge in [0.25, 0.3) is 6.71 Å². The number of fused-ring (bicyclic) bond motifs is 1. The van der Waals surface area contributed by atoms with Gasteiger partial charge in [-0.2, -0.15) is 5.10 Å². The van der Waals surface area contributed by atoms with Crippen molar-refractivity contribution in [3.05, 3.63) is 17.1 Å². The highest BCUT2D eigenvalue weighted by molar-refractivity contribution is 14.2. The predicted octanol–water partition coefficient (Wildman–Crippen LogP) is 4.32. The van der Waals surface area contributed by atoms with Crippen LogP contribution in [0.2, 0.25) is 12.6 Å². The largest absolute Gasteiger partial charge is 0.267 e. The van der Waals surface area contributed by atoms with E-state index in [1.165, 1.54) is 27.9 Å². The summed E-state index contributed by atoms with van der Waals surface area (Å²) in [7, 11) is 0. The minimum atomic E-state index is 0.293. The molecule has 2 aromatic heterocycles. The maximum atomic E-state index is 8.94. The van der Waals surface area contributed by atoms with Gasteiger partial charge < -0.3 is 0 Å². The fraction of sp³-hybridized carbons (Fsp3) is 0.455. The van der Waals surface area contributed by atoms with Crippen molar-refractivity contribution in [2.24, 2.45) is 0 Å². The third kappa shape index (κ3) is 2.33. The molecule has 3 nitrogen and oxygen atoms in total. The molecule has 0 radical (unpaired) electrons. The summed E-state index contributed by atoms with van der Waals surface area (Å²) < 4.78 is 2.09. The van der Waals surface area contributed by atoms with Crippen LogP contribution < -0.4 is 0 Å². The molecule has 0 aromatic carbocycles. The smallest absolute Gasteiger partial charge is 0.227 e. The van der Waals surface area contributed by atoms with Gasteiger partial charge in [0.2, 0.25) is 0 Å². The van der Waals surface area contributed by atoms with Gasteiger partial charge in [0.05, 0.1) is 12.6 Å². The maximum absolute atomic E-state index is 8.94. The van der Waals surface area contributed by atoms with Gasteiger partial charge in [0.15, 0.2) is 0 Å². The summed E-state index contributed by atoms with van der Waals surface area (Å²) >= 11 is 4.26. The Labute approximate surface area is 125 Å². The van der Waals surface area contributed by atoms with Crippen molar-refractivity contribution >= 4 is 56.7 Å². The first-order valence-corrected chi connectivity index (χ1v) is 10.9. The van der Waals surface area contributed by atoms with Crippen molar-refractivity contribution in [2.75, 3.05) is 0 Å². The Bertz CT molecular complexity index is 597. The van der Waals surface area contributed by atoms with Gasteiger partial charge in [-0.15, -0.1) is 11.3 Å². The second-order valence-electron chi connectivity index (χ2n) is 4.73. The predicted molar refractivity (Wildman–Crippen MR) is 88.3 cm³/mol. The summed E-state index contributed by atoms with van der Waals surface area (Å²) in [5.41, 5.74) is 0. The standard InChI is InChI=1S/C11H12BIN3PS/c13-17-16-11-9(6-15-16)5-10(18-11)8-1-3-12(7-14)4-2-8/h5-6,8,17H,1-4H2. The lowest BCUT2D eigenvalue weighted by Crippen LogP contribution is -2.18. The molecule has 1 fully saturated rings. The summed E-state index contributed by atoms with van der Waals surface area (Å²) in [6.45, 7) is 0.293. The summed E-state index contributed by atoms with van der Waals surface area (Å²) in [4.78, 5) is 2.79. The van der Waals surface area contributed by atoms with E-state index in [0.717, 1.165) is 12.6 Å². The lowest BCUT2D eigenvalue weighted by atomic mass is 9.42. The average molecular weight is 387 g/mol. The third-order valence-electron chi connectivity index (χ3n) is 3.66. The molecule has 0 aliphatic carbocycles. The van der Waals surface area contributed by atoms with E-state index in [2.05, 4.69) is 43.6 Å². The van der Waals surface area contributed by atoms with Gasteiger partial charge in [-0.1, -0.05) is 25.5 Å². The van der Waals surface area contributed by atoms with Crippen LogP contribution in [0.1, 0.15) is 23.6 Å². The fourth-order valence-electron chi connectivity index (χ4n) is 2.61. The molecule has 0 N–H and O–H groups in total. The monoisotopic (exact) mass is 387 g/mol. The molecule has 0 spiro atoms. The summed E-state index contributed by atoms with van der Waals surface area (Å²) in [6, 6.07) is 2.30. The van der Waals surface area contributed by atoms with Gasteiger partial charge in [-0.25, -0.2) is 9.71 Å². The van der Waals surface area contributed by atoms with Crippen LogP contribution in [0.5, 0.6) is 0 Å². The molecule has 0 amide bonds. The van der Waals surface area contributed by atoms with Crippen LogP contribution in [0.4, 0.5) is 0 Å². The van der Waals surface area contributed by atoms with E-state index >= 15 is 0 Å². The number of aromatic nitrogens is 2. The number of rotatable bonds is 2. The lowest BCUT2D eigenvalue weighted by Gasteiger charge is -2.21. The minimum absolute atomic E-state index is 0.293. The van der Waals surface area contributed by atoms with Crippen molar-refractivity contribution in [3.63, 3.8) is 0 Å². The first-order valence-electron chi connectivity index (χ1n) is 6.05. The Morgan fingerprint density at radius 3 is 3.00 bits per heavy atom. The van der Waals surface area contributed by atoms with E-state index in [9.17, 15) is 0 Å². The Balaban J connectivity index is 1.83. The summed E-state index contributed by atoms with van der Waals surface area (Å²) in [5, 5.41) is 14.6. The average Bonchev–Trinajstić information content (AvgIpc) is 2.98. The lowest BCUT2D eigenvalue weighted by molar-refractivity contribution is 0.621. The zero-order chi connectivity index (χ0) is 12.5. The van der Waals surface area contributed by atoms with Crippen molar-refractivity contribution in [1.82, 2.24) is 9.55 Å². The van der Waals surface area contributed by atoms with Crippen LogP contribution in [0, 0.1) is 11.2 Å². The zero-order valence-electron chi connectivity index (χ0n) is 9.77. The Morgan fingerprint density at radius 2 is 2.33 bits per heavy atom. The number of nitriles is 1. The number of hydrogen-bond donors (Lipinski definition) is 0. The molecule has 3 heterocycles. The molecule has 3 rings (SSSR count). The van der Waals surface area contributed by atoms with Gasteiger partial charge in [0.1, 0.15) is 4.83 Å². The van der Waals surface area contributed by atoms with Crippen molar-refractivity contribution in [3.8, 4) is 5.97 Å². The highest BCUT2D eigenvalue weighted by atomic mass is 127. The van der Waals surface area contributed by atoms with E-state index in [4.69, 9.17) is 5.26 Å². The highest BCUT2D eigenvalue weighted by Gasteiger charge is 2.26. The highest BCUT2D eigenvalue weighted by Crippen LogP contribution is 2.41. The van der Waals surface area contributed by atoms with Gasteiger partial charge in [-0.3, -0.25) is 0 Å². The van der Waals surface area contributed by atoms with Crippen LogP contribution in [0.3, 0.4) is 0 Å². The van der Waals surface area contributed by atoms with Crippen molar-refractivity contribution < 1.29 is 0 Å². The van der Waals surface area contributed by atoms with Crippen molar-refractivity contribution in [1.29, 1.82) is 5.26 Å². The molecule has 2 aromatic rings. The summed E-state index contributed by atoms with van der Waals surface area (Å²) in [5.74, 6) is 3.07. The number of nitrogens with zero attached hydrogens (tertiary/aromatic N) is 3. The van der Waals surface area contributed by atoms with E-state index in [1.54, 1.807) is 0 Å². The first-order chi connectivity index (χ1) is 8.81. The number of thiophene rings is 1. The molecular weight excluding hydrogens is 375 g/mol. The maximum Gasteiger partial charge on any atom is 0.267 e. The van der Waals surface area contributed by atoms with E-state index in [0.29, 0.717) is 19.0 Å². The Hall–Kier alpha value is -0.115. The molecule has 0 saturated carbocycles. The van der Waals surface area contributed by atoms with Crippen LogP contribution in [-0.2, 0) is 0 Å².